The molecular formula is C20H22ClN3O5. The highest BCUT2D eigenvalue weighted by Gasteiger charge is 2.74. The average Bonchev–Trinajstić information content (AvgIpc) is 3.19. The van der Waals surface area contributed by atoms with E-state index < -0.39 is 46.7 Å². The number of hydrogen-bond acceptors (Lipinski definition) is 5. The maximum absolute atomic E-state index is 13.5. The Balaban J connectivity index is 1.88. The summed E-state index contributed by atoms with van der Waals surface area (Å²) in [5.41, 5.74) is -1.12. The molecule has 0 unspecified atom stereocenters. The predicted molar refractivity (Wildman–Crippen MR) is 100 cm³/mol. The molecule has 4 rings (SSSR count). The van der Waals surface area contributed by atoms with Gasteiger partial charge < -0.3 is 20.5 Å². The quantitative estimate of drug-likeness (QED) is 0.631. The lowest BCUT2D eigenvalue weighted by Crippen LogP contribution is -2.99. The van der Waals surface area contributed by atoms with Crippen molar-refractivity contribution in [2.45, 2.75) is 50.7 Å². The van der Waals surface area contributed by atoms with Gasteiger partial charge >= 0.3 is 0 Å². The van der Waals surface area contributed by atoms with Gasteiger partial charge in [-0.1, -0.05) is 17.7 Å². The Bertz CT molecular complexity index is 956. The minimum absolute atomic E-state index is 0.116. The number of nitrogens with zero attached hydrogens (tertiary/aromatic N) is 1. The van der Waals surface area contributed by atoms with Gasteiger partial charge in [0.05, 0.1) is 10.7 Å². The van der Waals surface area contributed by atoms with Crippen molar-refractivity contribution < 1.29 is 29.6 Å². The molecule has 0 aliphatic carbocycles. The fourth-order valence-corrected chi connectivity index (χ4v) is 5.39. The summed E-state index contributed by atoms with van der Waals surface area (Å²) in [5, 5.41) is 15.9. The van der Waals surface area contributed by atoms with E-state index in [9.17, 15) is 24.3 Å². The molecule has 1 spiro atoms. The number of rotatable bonds is 3. The molecule has 0 saturated carbocycles. The van der Waals surface area contributed by atoms with Gasteiger partial charge in [-0.15, -0.1) is 0 Å². The van der Waals surface area contributed by atoms with Crippen molar-refractivity contribution in [3.63, 3.8) is 0 Å². The highest BCUT2D eigenvalue weighted by molar-refractivity contribution is 6.35. The van der Waals surface area contributed by atoms with Gasteiger partial charge in [-0.2, -0.15) is 0 Å². The second-order valence-electron chi connectivity index (χ2n) is 8.91. The van der Waals surface area contributed by atoms with Crippen LogP contribution >= 0.6 is 11.6 Å². The zero-order chi connectivity index (χ0) is 21.3. The van der Waals surface area contributed by atoms with E-state index >= 15 is 0 Å². The van der Waals surface area contributed by atoms with Crippen LogP contribution in [0.5, 0.6) is 0 Å². The van der Waals surface area contributed by atoms with Gasteiger partial charge in [-0.05, 0) is 39.3 Å². The number of nitrogens with two attached hydrogens (primary N) is 1. The van der Waals surface area contributed by atoms with Crippen LogP contribution in [0.2, 0.25) is 5.02 Å². The number of carbonyl (C=O) groups is 4. The second kappa shape index (κ2) is 6.27. The zero-order valence-corrected chi connectivity index (χ0v) is 17.1. The van der Waals surface area contributed by atoms with Gasteiger partial charge in [0.25, 0.3) is 5.91 Å². The lowest BCUT2D eigenvalue weighted by Gasteiger charge is -2.33. The number of carbonyl (C=O) groups excluding carboxylic acids is 4. The number of fused-ring (bicyclic) bond motifs is 4. The van der Waals surface area contributed by atoms with Gasteiger partial charge in [0.1, 0.15) is 17.9 Å². The van der Waals surface area contributed by atoms with E-state index in [1.54, 1.807) is 44.3 Å². The van der Waals surface area contributed by atoms with Crippen LogP contribution in [-0.2, 0) is 24.7 Å². The highest BCUT2D eigenvalue weighted by Crippen LogP contribution is 2.51. The van der Waals surface area contributed by atoms with Gasteiger partial charge in [-0.25, -0.2) is 0 Å². The molecule has 3 amide bonds. The molecule has 154 valence electrons. The van der Waals surface area contributed by atoms with Crippen molar-refractivity contribution in [1.29, 1.82) is 0 Å². The van der Waals surface area contributed by atoms with Crippen LogP contribution in [0.4, 0.5) is 5.69 Å². The Labute approximate surface area is 172 Å². The number of aliphatic carboxylic acids is 1. The summed E-state index contributed by atoms with van der Waals surface area (Å²) in [5.74, 6) is -4.16. The maximum atomic E-state index is 13.5. The minimum atomic E-state index is -1.35. The first-order valence-electron chi connectivity index (χ1n) is 9.54. The summed E-state index contributed by atoms with van der Waals surface area (Å²) in [6.07, 6.45) is -0.146. The van der Waals surface area contributed by atoms with Crippen molar-refractivity contribution in [2.24, 2.45) is 11.8 Å². The Morgan fingerprint density at radius 2 is 1.97 bits per heavy atom. The molecule has 0 aromatic heterocycles. The van der Waals surface area contributed by atoms with Gasteiger partial charge in [0, 0.05) is 23.5 Å². The Morgan fingerprint density at radius 3 is 2.59 bits per heavy atom. The molecule has 1 aromatic carbocycles. The van der Waals surface area contributed by atoms with Crippen molar-refractivity contribution in [3.05, 3.63) is 28.8 Å². The first-order valence-corrected chi connectivity index (χ1v) is 9.92. The fraction of sp³-hybridized carbons (Fsp3) is 0.500. The molecule has 8 nitrogen and oxygen atoms in total. The van der Waals surface area contributed by atoms with E-state index in [0.717, 1.165) is 0 Å². The highest BCUT2D eigenvalue weighted by atomic mass is 35.5. The number of anilines is 1. The van der Waals surface area contributed by atoms with Crippen molar-refractivity contribution in [1.82, 2.24) is 4.90 Å². The third-order valence-electron chi connectivity index (χ3n) is 6.21. The standard InChI is InChI=1S/C20H22ClN3O5/c1-19(2,3)24-16(27)13-11(7-8-12(25)26)23-20(14(13)17(24)28)9-5-4-6-10(21)15(9)22-18(20)29/h4-6,11,13-14,23H,7-8H2,1-3H3,(H,22,29)(H,25,26)/t11-,13-,14+,20+/m1/s1. The summed E-state index contributed by atoms with van der Waals surface area (Å²) in [6, 6.07) is 4.52. The first kappa shape index (κ1) is 19.8. The Kier molecular flexibility index (Phi) is 4.29. The number of carboxylic acid groups (broad SMARTS) is 1. The molecule has 1 aromatic rings. The molecule has 9 heteroatoms. The monoisotopic (exact) mass is 419 g/mol. The van der Waals surface area contributed by atoms with Gasteiger partial charge in [0.15, 0.2) is 0 Å². The largest absolute Gasteiger partial charge is 0.550 e. The topological polar surface area (TPSA) is 123 Å². The number of quaternary nitrogens is 1. The number of amides is 3. The van der Waals surface area contributed by atoms with Crippen LogP contribution in [0.15, 0.2) is 18.2 Å². The third kappa shape index (κ3) is 2.62. The van der Waals surface area contributed by atoms with E-state index in [-0.39, 0.29) is 18.7 Å². The van der Waals surface area contributed by atoms with Crippen LogP contribution in [0.1, 0.15) is 39.2 Å². The lowest BCUT2D eigenvalue weighted by atomic mass is 9.76. The summed E-state index contributed by atoms with van der Waals surface area (Å²) < 4.78 is 0. The fourth-order valence-electron chi connectivity index (χ4n) is 5.16. The smallest absolute Gasteiger partial charge is 0.291 e. The van der Waals surface area contributed by atoms with E-state index in [0.29, 0.717) is 16.3 Å². The van der Waals surface area contributed by atoms with Gasteiger partial charge in [0.2, 0.25) is 17.4 Å². The van der Waals surface area contributed by atoms with Crippen molar-refractivity contribution in [3.8, 4) is 0 Å². The number of halogens is 1. The normalized spacial score (nSPS) is 30.7. The number of hydrogen-bond donors (Lipinski definition) is 2. The summed E-state index contributed by atoms with van der Waals surface area (Å²) in [7, 11) is 0. The molecule has 0 bridgehead atoms. The molecule has 3 aliphatic heterocycles. The molecule has 4 atom stereocenters. The second-order valence-corrected chi connectivity index (χ2v) is 9.32. The Hall–Kier alpha value is -2.45. The molecule has 3 N–H and O–H groups in total. The number of benzene rings is 1. The average molecular weight is 420 g/mol. The number of carboxylic acids is 1. The van der Waals surface area contributed by atoms with Crippen LogP contribution in [0, 0.1) is 11.8 Å². The molecular weight excluding hydrogens is 398 g/mol. The van der Waals surface area contributed by atoms with E-state index in [1.807, 2.05) is 0 Å². The number of para-hydroxylation sites is 1. The molecule has 3 aliphatic rings. The van der Waals surface area contributed by atoms with Crippen LogP contribution in [-0.4, -0.2) is 40.2 Å². The van der Waals surface area contributed by atoms with Crippen LogP contribution in [0.3, 0.4) is 0 Å². The zero-order valence-electron chi connectivity index (χ0n) is 16.3. The number of nitrogens with one attached hydrogen (secondary N) is 1. The lowest BCUT2D eigenvalue weighted by molar-refractivity contribution is -0.734. The molecule has 2 saturated heterocycles. The number of imide groups is 1. The molecule has 3 heterocycles. The van der Waals surface area contributed by atoms with E-state index in [1.165, 1.54) is 4.90 Å². The molecule has 2 fully saturated rings. The summed E-state index contributed by atoms with van der Waals surface area (Å²) >= 11 is 6.27. The van der Waals surface area contributed by atoms with Gasteiger partial charge in [-0.3, -0.25) is 19.3 Å². The summed E-state index contributed by atoms with van der Waals surface area (Å²) in [6.45, 7) is 5.28. The number of likely N-dealkylation sites (tertiary alicyclic amines) is 1. The first-order chi connectivity index (χ1) is 13.5. The Morgan fingerprint density at radius 1 is 1.28 bits per heavy atom. The van der Waals surface area contributed by atoms with Crippen LogP contribution < -0.4 is 15.7 Å². The predicted octanol–water partition coefficient (Wildman–Crippen LogP) is -0.637. The summed E-state index contributed by atoms with van der Waals surface area (Å²) in [4.78, 5) is 52.3. The third-order valence-corrected chi connectivity index (χ3v) is 6.52. The van der Waals surface area contributed by atoms with E-state index in [4.69, 9.17) is 11.6 Å². The SMILES string of the molecule is CC(C)(C)N1C(=O)[C@H]2[C@@H](C1=O)[C@]1([NH2+][C@@H]2CCC(=O)[O-])C(=O)Nc2c(Cl)cccc21. The molecule has 0 radical (unpaired) electrons. The van der Waals surface area contributed by atoms with Crippen molar-refractivity contribution >= 4 is 41.0 Å². The van der Waals surface area contributed by atoms with E-state index in [2.05, 4.69) is 5.32 Å². The van der Waals surface area contributed by atoms with Crippen molar-refractivity contribution in [2.75, 3.05) is 5.32 Å². The minimum Gasteiger partial charge on any atom is -0.550 e. The molecule has 29 heavy (non-hydrogen) atoms. The maximum Gasteiger partial charge on any atom is 0.291 e. The van der Waals surface area contributed by atoms with Crippen LogP contribution in [0.25, 0.3) is 0 Å².